The lowest BCUT2D eigenvalue weighted by molar-refractivity contribution is 0.0934. The topological polar surface area (TPSA) is 67.2 Å². The lowest BCUT2D eigenvalue weighted by atomic mass is 10.1. The molecule has 1 amide bonds. The predicted octanol–water partition coefficient (Wildman–Crippen LogP) is 1.53. The van der Waals surface area contributed by atoms with Gasteiger partial charge in [-0.25, -0.2) is 8.78 Å². The second kappa shape index (κ2) is 3.96. The van der Waals surface area contributed by atoms with Crippen LogP contribution in [0.2, 0.25) is 0 Å². The summed E-state index contributed by atoms with van der Waals surface area (Å²) >= 11 is 0. The second-order valence-electron chi connectivity index (χ2n) is 4.47. The van der Waals surface area contributed by atoms with Crippen LogP contribution in [0.3, 0.4) is 0 Å². The number of carbonyl (C=O) groups is 1. The minimum absolute atomic E-state index is 0.0490. The van der Waals surface area contributed by atoms with Crippen molar-refractivity contribution in [1.29, 1.82) is 0 Å². The fraction of sp³-hybridized carbons (Fsp3) is 0.364. The van der Waals surface area contributed by atoms with E-state index in [-0.39, 0.29) is 11.1 Å². The van der Waals surface area contributed by atoms with Gasteiger partial charge in [0.1, 0.15) is 5.69 Å². The standard InChI is InChI=1S/C11H13F2N3O/c1-11(2-3-11)15-10(17)6-4-7(12)9(16-14)8(13)5-6/h4-5,16H,2-3,14H2,1H3,(H,15,17). The van der Waals surface area contributed by atoms with E-state index >= 15 is 0 Å². The molecule has 0 aromatic heterocycles. The molecule has 1 aliphatic carbocycles. The number of hydrazine groups is 1. The Kier molecular flexibility index (Phi) is 2.74. The molecule has 2 rings (SSSR count). The number of amides is 1. The van der Waals surface area contributed by atoms with Crippen LogP contribution >= 0.6 is 0 Å². The van der Waals surface area contributed by atoms with E-state index < -0.39 is 23.2 Å². The highest BCUT2D eigenvalue weighted by Gasteiger charge is 2.38. The maximum atomic E-state index is 13.4. The highest BCUT2D eigenvalue weighted by Crippen LogP contribution is 2.34. The van der Waals surface area contributed by atoms with Crippen LogP contribution in [0.1, 0.15) is 30.1 Å². The number of hydrogen-bond donors (Lipinski definition) is 3. The van der Waals surface area contributed by atoms with E-state index in [4.69, 9.17) is 5.84 Å². The van der Waals surface area contributed by atoms with E-state index in [2.05, 4.69) is 5.32 Å². The molecular weight excluding hydrogens is 228 g/mol. The number of nitrogen functional groups attached to an aromatic ring is 1. The summed E-state index contributed by atoms with van der Waals surface area (Å²) in [4.78, 5) is 11.7. The highest BCUT2D eigenvalue weighted by atomic mass is 19.1. The van der Waals surface area contributed by atoms with Crippen LogP contribution in [0, 0.1) is 11.6 Å². The number of nitrogens with one attached hydrogen (secondary N) is 2. The van der Waals surface area contributed by atoms with Crippen molar-refractivity contribution in [3.8, 4) is 0 Å². The Labute approximate surface area is 97.2 Å². The number of hydrogen-bond acceptors (Lipinski definition) is 3. The molecule has 17 heavy (non-hydrogen) atoms. The molecule has 0 radical (unpaired) electrons. The van der Waals surface area contributed by atoms with Gasteiger partial charge in [0.15, 0.2) is 11.6 Å². The zero-order chi connectivity index (χ0) is 12.6. The molecule has 0 aliphatic heterocycles. The van der Waals surface area contributed by atoms with Crippen LogP contribution in [0.25, 0.3) is 0 Å². The molecule has 0 bridgehead atoms. The van der Waals surface area contributed by atoms with E-state index in [1.54, 1.807) is 0 Å². The number of halogens is 2. The van der Waals surface area contributed by atoms with Gasteiger partial charge in [-0.05, 0) is 31.9 Å². The van der Waals surface area contributed by atoms with Crippen molar-refractivity contribution in [1.82, 2.24) is 5.32 Å². The van der Waals surface area contributed by atoms with Crippen molar-refractivity contribution >= 4 is 11.6 Å². The average Bonchev–Trinajstić information content (AvgIpc) is 2.95. The van der Waals surface area contributed by atoms with E-state index in [0.29, 0.717) is 0 Å². The van der Waals surface area contributed by atoms with Crippen LogP contribution < -0.4 is 16.6 Å². The minimum atomic E-state index is -0.890. The molecule has 6 heteroatoms. The summed E-state index contributed by atoms with van der Waals surface area (Å²) in [7, 11) is 0. The smallest absolute Gasteiger partial charge is 0.251 e. The molecule has 0 atom stereocenters. The third-order valence-corrected chi connectivity index (χ3v) is 2.86. The molecule has 1 saturated carbocycles. The number of benzene rings is 1. The van der Waals surface area contributed by atoms with Crippen molar-refractivity contribution in [2.75, 3.05) is 5.43 Å². The summed E-state index contributed by atoms with van der Waals surface area (Å²) in [6, 6.07) is 1.92. The Hall–Kier alpha value is -1.69. The zero-order valence-corrected chi connectivity index (χ0v) is 9.31. The normalized spacial score (nSPS) is 16.5. The SMILES string of the molecule is CC1(NC(=O)c2cc(F)c(NN)c(F)c2)CC1. The molecule has 0 saturated heterocycles. The first-order valence-corrected chi connectivity index (χ1v) is 5.23. The lowest BCUT2D eigenvalue weighted by Gasteiger charge is -2.12. The van der Waals surface area contributed by atoms with Crippen LogP contribution in [0.15, 0.2) is 12.1 Å². The number of carbonyl (C=O) groups excluding carboxylic acids is 1. The quantitative estimate of drug-likeness (QED) is 0.555. The van der Waals surface area contributed by atoms with Crippen LogP contribution in [-0.2, 0) is 0 Å². The van der Waals surface area contributed by atoms with Gasteiger partial charge in [-0.2, -0.15) is 0 Å². The van der Waals surface area contributed by atoms with Crippen molar-refractivity contribution in [3.63, 3.8) is 0 Å². The van der Waals surface area contributed by atoms with Crippen molar-refractivity contribution < 1.29 is 13.6 Å². The summed E-state index contributed by atoms with van der Waals surface area (Å²) in [5, 5.41) is 2.71. The molecule has 92 valence electrons. The molecule has 1 aromatic carbocycles. The second-order valence-corrected chi connectivity index (χ2v) is 4.47. The monoisotopic (exact) mass is 241 g/mol. The third-order valence-electron chi connectivity index (χ3n) is 2.86. The van der Waals surface area contributed by atoms with Gasteiger partial charge in [-0.15, -0.1) is 0 Å². The first-order chi connectivity index (χ1) is 7.95. The Balaban J connectivity index is 2.24. The van der Waals surface area contributed by atoms with Gasteiger partial charge in [0.2, 0.25) is 0 Å². The highest BCUT2D eigenvalue weighted by molar-refractivity contribution is 5.95. The van der Waals surface area contributed by atoms with Crippen molar-refractivity contribution in [2.24, 2.45) is 5.84 Å². The molecule has 1 fully saturated rings. The van der Waals surface area contributed by atoms with Crippen LogP contribution in [0.4, 0.5) is 14.5 Å². The van der Waals surface area contributed by atoms with E-state index in [9.17, 15) is 13.6 Å². The molecule has 0 heterocycles. The molecular formula is C11H13F2N3O. The molecule has 1 aliphatic rings. The molecule has 4 nitrogen and oxygen atoms in total. The largest absolute Gasteiger partial charge is 0.347 e. The van der Waals surface area contributed by atoms with E-state index in [1.165, 1.54) is 0 Å². The first-order valence-electron chi connectivity index (χ1n) is 5.23. The maximum Gasteiger partial charge on any atom is 0.251 e. The molecule has 0 unspecified atom stereocenters. The van der Waals surface area contributed by atoms with E-state index in [0.717, 1.165) is 25.0 Å². The Morgan fingerprint density at radius 1 is 1.35 bits per heavy atom. The van der Waals surface area contributed by atoms with Gasteiger partial charge in [0, 0.05) is 11.1 Å². The first kappa shape index (κ1) is 11.8. The molecule has 1 aromatic rings. The zero-order valence-electron chi connectivity index (χ0n) is 9.31. The summed E-state index contributed by atoms with van der Waals surface area (Å²) in [5.41, 5.74) is 1.19. The summed E-state index contributed by atoms with van der Waals surface area (Å²) < 4.78 is 26.7. The number of rotatable bonds is 3. The number of nitrogens with two attached hydrogens (primary N) is 1. The van der Waals surface area contributed by atoms with Crippen LogP contribution in [-0.4, -0.2) is 11.4 Å². The summed E-state index contributed by atoms with van der Waals surface area (Å²) in [6.45, 7) is 1.88. The Bertz CT molecular complexity index is 449. The van der Waals surface area contributed by atoms with Gasteiger partial charge >= 0.3 is 0 Å². The number of anilines is 1. The fourth-order valence-electron chi connectivity index (χ4n) is 1.50. The Morgan fingerprint density at radius 2 is 1.88 bits per heavy atom. The van der Waals surface area contributed by atoms with Crippen molar-refractivity contribution in [2.45, 2.75) is 25.3 Å². The van der Waals surface area contributed by atoms with Crippen molar-refractivity contribution in [3.05, 3.63) is 29.3 Å². The van der Waals surface area contributed by atoms with Gasteiger partial charge in [-0.1, -0.05) is 0 Å². The minimum Gasteiger partial charge on any atom is -0.347 e. The van der Waals surface area contributed by atoms with Gasteiger partial charge in [0.25, 0.3) is 5.91 Å². The van der Waals surface area contributed by atoms with Crippen LogP contribution in [0.5, 0.6) is 0 Å². The summed E-state index contributed by atoms with van der Waals surface area (Å²) in [6.07, 6.45) is 1.76. The van der Waals surface area contributed by atoms with Gasteiger partial charge in [0.05, 0.1) is 0 Å². The molecule has 0 spiro atoms. The van der Waals surface area contributed by atoms with Gasteiger partial charge in [-0.3, -0.25) is 10.6 Å². The fourth-order valence-corrected chi connectivity index (χ4v) is 1.50. The lowest BCUT2D eigenvalue weighted by Crippen LogP contribution is -2.34. The third kappa shape index (κ3) is 2.36. The van der Waals surface area contributed by atoms with Gasteiger partial charge < -0.3 is 10.7 Å². The van der Waals surface area contributed by atoms with E-state index in [1.807, 2.05) is 12.3 Å². The average molecular weight is 241 g/mol. The Morgan fingerprint density at radius 3 is 2.29 bits per heavy atom. The predicted molar refractivity (Wildman–Crippen MR) is 59.3 cm³/mol. The maximum absolute atomic E-state index is 13.4. The summed E-state index contributed by atoms with van der Waals surface area (Å²) in [5.74, 6) is 2.70. The molecule has 4 N–H and O–H groups in total.